The number of hydrogen-bond acceptors (Lipinski definition) is 5. The monoisotopic (exact) mass is 308 g/mol. The summed E-state index contributed by atoms with van der Waals surface area (Å²) in [6, 6.07) is 3.18. The minimum atomic E-state index is -1.32. The summed E-state index contributed by atoms with van der Waals surface area (Å²) in [5, 5.41) is 19.9. The molecule has 0 spiro atoms. The Labute approximate surface area is 126 Å². The summed E-state index contributed by atoms with van der Waals surface area (Å²) in [6.07, 6.45) is 0. The van der Waals surface area contributed by atoms with E-state index in [0.29, 0.717) is 19.7 Å². The number of ether oxygens (including phenoxy) is 1. The average molecular weight is 308 g/mol. The van der Waals surface area contributed by atoms with Gasteiger partial charge in [0.1, 0.15) is 0 Å². The summed E-state index contributed by atoms with van der Waals surface area (Å²) in [4.78, 5) is 35.2. The van der Waals surface area contributed by atoms with Crippen molar-refractivity contribution >= 4 is 17.6 Å². The zero-order valence-corrected chi connectivity index (χ0v) is 12.2. The van der Waals surface area contributed by atoms with Gasteiger partial charge >= 0.3 is 5.97 Å². The molecular formula is C14H16N2O6. The van der Waals surface area contributed by atoms with Crippen molar-refractivity contribution in [2.24, 2.45) is 0 Å². The van der Waals surface area contributed by atoms with E-state index in [0.717, 1.165) is 18.2 Å². The van der Waals surface area contributed by atoms with Crippen LogP contribution < -0.4 is 0 Å². The average Bonchev–Trinajstić information content (AvgIpc) is 2.44. The number of hydrogen-bond donors (Lipinski definition) is 1. The van der Waals surface area contributed by atoms with Crippen LogP contribution in [0.1, 0.15) is 34.6 Å². The first-order valence-electron chi connectivity index (χ1n) is 6.66. The molecule has 22 heavy (non-hydrogen) atoms. The van der Waals surface area contributed by atoms with E-state index in [1.54, 1.807) is 0 Å². The number of nitro groups is 1. The molecule has 8 nitrogen and oxygen atoms in total. The topological polar surface area (TPSA) is 110 Å². The van der Waals surface area contributed by atoms with Crippen LogP contribution in [0, 0.1) is 10.1 Å². The Morgan fingerprint density at radius 2 is 1.95 bits per heavy atom. The molecule has 1 N–H and O–H groups in total. The van der Waals surface area contributed by atoms with Gasteiger partial charge < -0.3 is 14.7 Å². The van der Waals surface area contributed by atoms with Crippen LogP contribution in [0.25, 0.3) is 0 Å². The number of carbonyl (C=O) groups is 2. The second-order valence-electron chi connectivity index (χ2n) is 5.67. The van der Waals surface area contributed by atoms with Gasteiger partial charge in [0.05, 0.1) is 22.7 Å². The van der Waals surface area contributed by atoms with E-state index in [1.165, 1.54) is 4.90 Å². The van der Waals surface area contributed by atoms with Crippen LogP contribution >= 0.6 is 0 Å². The summed E-state index contributed by atoms with van der Waals surface area (Å²) in [7, 11) is 0. The number of carbonyl (C=O) groups excluding carboxylic acids is 1. The molecule has 0 aromatic heterocycles. The zero-order valence-electron chi connectivity index (χ0n) is 12.2. The Hall–Kier alpha value is -2.48. The quantitative estimate of drug-likeness (QED) is 0.670. The summed E-state index contributed by atoms with van der Waals surface area (Å²) in [5.74, 6) is -1.76. The fourth-order valence-corrected chi connectivity index (χ4v) is 2.34. The molecule has 0 radical (unpaired) electrons. The summed E-state index contributed by atoms with van der Waals surface area (Å²) < 4.78 is 5.51. The number of amides is 1. The standard InChI is InChI=1S/C14H16N2O6/c1-14(2)8-15(3-4-22-14)12(17)9-5-10(13(18)19)7-11(6-9)16(20)21/h5-7H,3-4,8H2,1-2H3,(H,18,19). The molecule has 1 amide bonds. The third-order valence-corrected chi connectivity index (χ3v) is 3.34. The first kappa shape index (κ1) is 15.9. The van der Waals surface area contributed by atoms with Gasteiger partial charge in [-0.25, -0.2) is 4.79 Å². The van der Waals surface area contributed by atoms with Crippen LogP contribution in [0.4, 0.5) is 5.69 Å². The van der Waals surface area contributed by atoms with Gasteiger partial charge in [0.25, 0.3) is 11.6 Å². The van der Waals surface area contributed by atoms with Gasteiger partial charge in [-0.3, -0.25) is 14.9 Å². The van der Waals surface area contributed by atoms with Crippen molar-refractivity contribution in [1.29, 1.82) is 0 Å². The van der Waals surface area contributed by atoms with E-state index in [9.17, 15) is 19.7 Å². The second-order valence-corrected chi connectivity index (χ2v) is 5.67. The Bertz CT molecular complexity index is 608. The number of nitro benzene ring substituents is 1. The highest BCUT2D eigenvalue weighted by Crippen LogP contribution is 2.22. The third-order valence-electron chi connectivity index (χ3n) is 3.34. The van der Waals surface area contributed by atoms with Gasteiger partial charge in [0.2, 0.25) is 0 Å². The zero-order chi connectivity index (χ0) is 16.5. The highest BCUT2D eigenvalue weighted by atomic mass is 16.6. The number of carboxylic acid groups (broad SMARTS) is 1. The van der Waals surface area contributed by atoms with E-state index < -0.39 is 28.1 Å². The molecular weight excluding hydrogens is 292 g/mol. The Kier molecular flexibility index (Phi) is 4.14. The lowest BCUT2D eigenvalue weighted by Gasteiger charge is -2.38. The molecule has 1 aliphatic rings. The number of rotatable bonds is 3. The van der Waals surface area contributed by atoms with Crippen LogP contribution in [-0.2, 0) is 4.74 Å². The first-order valence-corrected chi connectivity index (χ1v) is 6.66. The maximum atomic E-state index is 12.5. The maximum Gasteiger partial charge on any atom is 0.335 e. The molecule has 1 aromatic rings. The minimum absolute atomic E-state index is 0.00991. The number of benzene rings is 1. The number of aromatic carboxylic acids is 1. The van der Waals surface area contributed by atoms with E-state index in [4.69, 9.17) is 9.84 Å². The minimum Gasteiger partial charge on any atom is -0.478 e. The lowest BCUT2D eigenvalue weighted by atomic mass is 10.0. The van der Waals surface area contributed by atoms with Gasteiger partial charge in [-0.15, -0.1) is 0 Å². The third kappa shape index (κ3) is 3.40. The van der Waals surface area contributed by atoms with Gasteiger partial charge in [-0.05, 0) is 19.9 Å². The van der Waals surface area contributed by atoms with Gasteiger partial charge in [0, 0.05) is 30.8 Å². The van der Waals surface area contributed by atoms with Gasteiger partial charge in [0.15, 0.2) is 0 Å². The van der Waals surface area contributed by atoms with Crippen LogP contribution in [0.2, 0.25) is 0 Å². The van der Waals surface area contributed by atoms with Crippen molar-refractivity contribution < 1.29 is 24.4 Å². The predicted octanol–water partition coefficient (Wildman–Crippen LogP) is 1.54. The van der Waals surface area contributed by atoms with Crippen molar-refractivity contribution in [1.82, 2.24) is 4.90 Å². The van der Waals surface area contributed by atoms with Crippen molar-refractivity contribution in [3.8, 4) is 0 Å². The molecule has 8 heteroatoms. The number of non-ortho nitro benzene ring substituents is 1. The van der Waals surface area contributed by atoms with Gasteiger partial charge in [-0.1, -0.05) is 0 Å². The predicted molar refractivity (Wildman–Crippen MR) is 76.0 cm³/mol. The summed E-state index contributed by atoms with van der Waals surface area (Å²) in [5.41, 5.74) is -1.23. The summed E-state index contributed by atoms with van der Waals surface area (Å²) in [6.45, 7) is 4.72. The lowest BCUT2D eigenvalue weighted by molar-refractivity contribution is -0.384. The number of carboxylic acids is 1. The second kappa shape index (κ2) is 5.72. The molecule has 118 valence electrons. The molecule has 1 aromatic carbocycles. The van der Waals surface area contributed by atoms with Gasteiger partial charge in [-0.2, -0.15) is 0 Å². The van der Waals surface area contributed by atoms with E-state index >= 15 is 0 Å². The fourth-order valence-electron chi connectivity index (χ4n) is 2.34. The van der Waals surface area contributed by atoms with Crippen molar-refractivity contribution in [2.45, 2.75) is 19.4 Å². The highest BCUT2D eigenvalue weighted by Gasteiger charge is 2.31. The molecule has 0 atom stereocenters. The molecule has 0 bridgehead atoms. The fraction of sp³-hybridized carbons (Fsp3) is 0.429. The van der Waals surface area contributed by atoms with E-state index in [2.05, 4.69) is 0 Å². The van der Waals surface area contributed by atoms with Crippen molar-refractivity contribution in [3.63, 3.8) is 0 Å². The van der Waals surface area contributed by atoms with E-state index in [-0.39, 0.29) is 11.1 Å². The molecule has 1 aliphatic heterocycles. The first-order chi connectivity index (χ1) is 10.2. The largest absolute Gasteiger partial charge is 0.478 e. The Balaban J connectivity index is 2.36. The molecule has 1 heterocycles. The van der Waals surface area contributed by atoms with Crippen LogP contribution in [-0.4, -0.2) is 52.1 Å². The van der Waals surface area contributed by atoms with Crippen LogP contribution in [0.3, 0.4) is 0 Å². The lowest BCUT2D eigenvalue weighted by Crippen LogP contribution is -2.50. The van der Waals surface area contributed by atoms with E-state index in [1.807, 2.05) is 13.8 Å². The molecule has 0 unspecified atom stereocenters. The van der Waals surface area contributed by atoms with Crippen molar-refractivity contribution in [2.75, 3.05) is 19.7 Å². The van der Waals surface area contributed by atoms with Crippen LogP contribution in [0.15, 0.2) is 18.2 Å². The van der Waals surface area contributed by atoms with Crippen molar-refractivity contribution in [3.05, 3.63) is 39.4 Å². The Morgan fingerprint density at radius 3 is 2.50 bits per heavy atom. The Morgan fingerprint density at radius 1 is 1.32 bits per heavy atom. The molecule has 1 fully saturated rings. The number of morpholine rings is 1. The maximum absolute atomic E-state index is 12.5. The summed E-state index contributed by atoms with van der Waals surface area (Å²) >= 11 is 0. The molecule has 0 aliphatic carbocycles. The number of nitrogens with zero attached hydrogens (tertiary/aromatic N) is 2. The van der Waals surface area contributed by atoms with Crippen LogP contribution in [0.5, 0.6) is 0 Å². The smallest absolute Gasteiger partial charge is 0.335 e. The molecule has 1 saturated heterocycles. The normalized spacial score (nSPS) is 17.1. The molecule has 0 saturated carbocycles. The molecule has 2 rings (SSSR count). The SMILES string of the molecule is CC1(C)CN(C(=O)c2cc(C(=O)O)cc([N+](=O)[O-])c2)CCO1. The highest BCUT2D eigenvalue weighted by molar-refractivity contribution is 5.98.